The lowest BCUT2D eigenvalue weighted by Crippen LogP contribution is -2.35. The highest BCUT2D eigenvalue weighted by molar-refractivity contribution is 7.09. The van der Waals surface area contributed by atoms with Gasteiger partial charge in [0, 0.05) is 31.1 Å². The number of hydrogen-bond acceptors (Lipinski definition) is 6. The van der Waals surface area contributed by atoms with E-state index in [2.05, 4.69) is 27.2 Å². The van der Waals surface area contributed by atoms with Crippen LogP contribution in [0.25, 0.3) is 0 Å². The zero-order valence-corrected chi connectivity index (χ0v) is 14.1. The lowest BCUT2D eigenvalue weighted by molar-refractivity contribution is 0.102. The molecule has 124 valence electrons. The number of aromatic nitrogens is 3. The van der Waals surface area contributed by atoms with Gasteiger partial charge < -0.3 is 16.0 Å². The minimum absolute atomic E-state index is 0.214. The summed E-state index contributed by atoms with van der Waals surface area (Å²) in [7, 11) is 0. The van der Waals surface area contributed by atoms with Gasteiger partial charge >= 0.3 is 0 Å². The molecule has 1 fully saturated rings. The first kappa shape index (κ1) is 16.1. The molecular formula is C15H22N6OS. The van der Waals surface area contributed by atoms with E-state index in [1.165, 1.54) is 11.3 Å². The number of carbonyl (C=O) groups is 1. The van der Waals surface area contributed by atoms with E-state index in [0.717, 1.165) is 43.3 Å². The number of carbonyl (C=O) groups excluding carboxylic acids is 1. The van der Waals surface area contributed by atoms with Crippen molar-refractivity contribution in [1.29, 1.82) is 0 Å². The van der Waals surface area contributed by atoms with Gasteiger partial charge in [0.05, 0.1) is 12.2 Å². The van der Waals surface area contributed by atoms with Crippen molar-refractivity contribution in [3.63, 3.8) is 0 Å². The summed E-state index contributed by atoms with van der Waals surface area (Å²) >= 11 is 1.40. The van der Waals surface area contributed by atoms with Gasteiger partial charge in [-0.2, -0.15) is 5.10 Å². The molecule has 3 N–H and O–H groups in total. The molecule has 2 aromatic heterocycles. The molecule has 1 aliphatic heterocycles. The molecule has 0 aliphatic carbocycles. The summed E-state index contributed by atoms with van der Waals surface area (Å²) in [5.74, 6) is 0.515. The van der Waals surface area contributed by atoms with E-state index in [9.17, 15) is 4.79 Å². The summed E-state index contributed by atoms with van der Waals surface area (Å²) in [6, 6.07) is 2.17. The van der Waals surface area contributed by atoms with Crippen LogP contribution in [0, 0.1) is 0 Å². The molecule has 0 radical (unpaired) electrons. The van der Waals surface area contributed by atoms with E-state index in [0.29, 0.717) is 18.3 Å². The molecule has 1 amide bonds. The minimum atomic E-state index is -0.214. The minimum Gasteiger partial charge on any atom is -0.325 e. The highest BCUT2D eigenvalue weighted by Gasteiger charge is 2.22. The van der Waals surface area contributed by atoms with Crippen LogP contribution in [0.15, 0.2) is 17.6 Å². The fourth-order valence-corrected chi connectivity index (χ4v) is 3.53. The summed E-state index contributed by atoms with van der Waals surface area (Å²) in [5, 5.41) is 9.82. The van der Waals surface area contributed by atoms with E-state index >= 15 is 0 Å². The Bertz CT molecular complexity index is 658. The van der Waals surface area contributed by atoms with Crippen LogP contribution in [0.4, 0.5) is 5.82 Å². The Morgan fingerprint density at radius 2 is 2.26 bits per heavy atom. The number of likely N-dealkylation sites (tertiary alicyclic amines) is 1. The van der Waals surface area contributed by atoms with Gasteiger partial charge in [-0.05, 0) is 19.4 Å². The van der Waals surface area contributed by atoms with Gasteiger partial charge in [0.1, 0.15) is 16.5 Å². The van der Waals surface area contributed by atoms with Crippen molar-refractivity contribution in [2.45, 2.75) is 32.4 Å². The molecule has 0 unspecified atom stereocenters. The van der Waals surface area contributed by atoms with E-state index in [1.807, 2.05) is 10.7 Å². The van der Waals surface area contributed by atoms with Crippen molar-refractivity contribution in [2.75, 3.05) is 25.0 Å². The van der Waals surface area contributed by atoms with E-state index < -0.39 is 0 Å². The summed E-state index contributed by atoms with van der Waals surface area (Å²) in [4.78, 5) is 19.0. The molecule has 7 nitrogen and oxygen atoms in total. The number of piperidine rings is 1. The number of hydrogen-bond donors (Lipinski definition) is 2. The predicted molar refractivity (Wildman–Crippen MR) is 90.6 cm³/mol. The van der Waals surface area contributed by atoms with Crippen LogP contribution in [0.5, 0.6) is 0 Å². The number of thiazole rings is 1. The molecule has 0 atom stereocenters. The van der Waals surface area contributed by atoms with Gasteiger partial charge in [0.25, 0.3) is 5.91 Å². The Hall–Kier alpha value is -1.77. The number of nitrogens with two attached hydrogens (primary N) is 1. The highest BCUT2D eigenvalue weighted by atomic mass is 32.1. The standard InChI is InChI=1S/C15H22N6OS/c1-2-20-7-4-11(5-8-20)21-13(3-6-17-21)19-15(22)12-10-23-14(9-16)18-12/h3,6,10-11H,2,4-5,7-9,16H2,1H3,(H,19,22). The van der Waals surface area contributed by atoms with Gasteiger partial charge in [-0.25, -0.2) is 9.67 Å². The lowest BCUT2D eigenvalue weighted by atomic mass is 10.1. The molecule has 0 saturated carbocycles. The maximum absolute atomic E-state index is 12.3. The fraction of sp³-hybridized carbons (Fsp3) is 0.533. The molecule has 3 rings (SSSR count). The Kier molecular flexibility index (Phi) is 5.04. The number of nitrogens with one attached hydrogen (secondary N) is 1. The normalized spacial score (nSPS) is 16.6. The fourth-order valence-electron chi connectivity index (χ4n) is 2.87. The van der Waals surface area contributed by atoms with Gasteiger partial charge in [0.15, 0.2) is 0 Å². The first-order chi connectivity index (χ1) is 11.2. The average Bonchev–Trinajstić information content (AvgIpc) is 3.24. The quantitative estimate of drug-likeness (QED) is 0.869. The second-order valence-corrected chi connectivity index (χ2v) is 6.55. The number of anilines is 1. The van der Waals surface area contributed by atoms with Crippen LogP contribution in [0.1, 0.15) is 41.3 Å². The maximum atomic E-state index is 12.3. The first-order valence-corrected chi connectivity index (χ1v) is 8.81. The first-order valence-electron chi connectivity index (χ1n) is 7.93. The second-order valence-electron chi connectivity index (χ2n) is 5.61. The van der Waals surface area contributed by atoms with Crippen molar-refractivity contribution in [2.24, 2.45) is 5.73 Å². The monoisotopic (exact) mass is 334 g/mol. The van der Waals surface area contributed by atoms with Crippen LogP contribution < -0.4 is 11.1 Å². The third kappa shape index (κ3) is 3.60. The summed E-state index contributed by atoms with van der Waals surface area (Å²) in [6.07, 6.45) is 3.83. The number of rotatable bonds is 5. The summed E-state index contributed by atoms with van der Waals surface area (Å²) in [5.41, 5.74) is 5.95. The highest BCUT2D eigenvalue weighted by Crippen LogP contribution is 2.25. The smallest absolute Gasteiger partial charge is 0.276 e. The van der Waals surface area contributed by atoms with Gasteiger partial charge in [-0.3, -0.25) is 4.79 Å². The van der Waals surface area contributed by atoms with Crippen molar-refractivity contribution in [3.05, 3.63) is 28.3 Å². The van der Waals surface area contributed by atoms with E-state index in [4.69, 9.17) is 5.73 Å². The van der Waals surface area contributed by atoms with Crippen LogP contribution in [0.3, 0.4) is 0 Å². The second kappa shape index (κ2) is 7.20. The van der Waals surface area contributed by atoms with Crippen molar-refractivity contribution >= 4 is 23.1 Å². The van der Waals surface area contributed by atoms with E-state index in [-0.39, 0.29) is 5.91 Å². The summed E-state index contributed by atoms with van der Waals surface area (Å²) in [6.45, 7) is 5.76. The molecule has 8 heteroatoms. The Morgan fingerprint density at radius 3 is 2.91 bits per heavy atom. The third-order valence-electron chi connectivity index (χ3n) is 4.22. The average molecular weight is 334 g/mol. The number of nitrogens with zero attached hydrogens (tertiary/aromatic N) is 4. The SMILES string of the molecule is CCN1CCC(n2nccc2NC(=O)c2csc(CN)n2)CC1. The van der Waals surface area contributed by atoms with E-state index in [1.54, 1.807) is 11.6 Å². The number of amides is 1. The largest absolute Gasteiger partial charge is 0.325 e. The molecule has 0 aromatic carbocycles. The lowest BCUT2D eigenvalue weighted by Gasteiger charge is -2.31. The molecule has 0 bridgehead atoms. The van der Waals surface area contributed by atoms with Crippen LogP contribution >= 0.6 is 11.3 Å². The maximum Gasteiger partial charge on any atom is 0.276 e. The van der Waals surface area contributed by atoms with Gasteiger partial charge in [-0.1, -0.05) is 6.92 Å². The Labute approximate surface area is 139 Å². The molecule has 0 spiro atoms. The molecule has 2 aromatic rings. The molecule has 1 saturated heterocycles. The zero-order chi connectivity index (χ0) is 16.2. The third-order valence-corrected chi connectivity index (χ3v) is 5.09. The predicted octanol–water partition coefficient (Wildman–Crippen LogP) is 1.71. The summed E-state index contributed by atoms with van der Waals surface area (Å²) < 4.78 is 1.93. The topological polar surface area (TPSA) is 89.1 Å². The van der Waals surface area contributed by atoms with Gasteiger partial charge in [-0.15, -0.1) is 11.3 Å². The van der Waals surface area contributed by atoms with Gasteiger partial charge in [0.2, 0.25) is 0 Å². The molecule has 3 heterocycles. The zero-order valence-electron chi connectivity index (χ0n) is 13.2. The van der Waals surface area contributed by atoms with Crippen molar-refractivity contribution < 1.29 is 4.79 Å². The van der Waals surface area contributed by atoms with Crippen molar-refractivity contribution in [3.8, 4) is 0 Å². The molecule has 23 heavy (non-hydrogen) atoms. The molecular weight excluding hydrogens is 312 g/mol. The van der Waals surface area contributed by atoms with Crippen LogP contribution in [-0.2, 0) is 6.54 Å². The van der Waals surface area contributed by atoms with Crippen LogP contribution in [-0.4, -0.2) is 45.2 Å². The Balaban J connectivity index is 1.67. The Morgan fingerprint density at radius 1 is 1.48 bits per heavy atom. The van der Waals surface area contributed by atoms with Crippen molar-refractivity contribution in [1.82, 2.24) is 19.7 Å². The molecule has 1 aliphatic rings. The van der Waals surface area contributed by atoms with Crippen LogP contribution in [0.2, 0.25) is 0 Å².